The predicted octanol–water partition coefficient (Wildman–Crippen LogP) is 0.761. The average molecular weight is 221 g/mol. The molecule has 2 rings (SSSR count). The zero-order valence-electron chi connectivity index (χ0n) is 8.74. The highest BCUT2D eigenvalue weighted by Gasteiger charge is 2.17. The van der Waals surface area contributed by atoms with Crippen molar-refractivity contribution >= 4 is 23.5 Å². The van der Waals surface area contributed by atoms with Gasteiger partial charge in [0.25, 0.3) is 5.91 Å². The van der Waals surface area contributed by atoms with E-state index in [1.54, 1.807) is 19.1 Å². The van der Waals surface area contributed by atoms with Crippen molar-refractivity contribution in [2.24, 2.45) is 0 Å². The summed E-state index contributed by atoms with van der Waals surface area (Å²) in [6.45, 7) is 1.74. The molecule has 2 N–H and O–H groups in total. The fraction of sp³-hybridized carbons (Fsp3) is 0.300. The third kappa shape index (κ3) is 2.10. The van der Waals surface area contributed by atoms with E-state index in [2.05, 4.69) is 15.6 Å². The standard InChI is InChI=1S/C10H11N3O3/c1-2-8(14)11-7-4-3-6-10(12-7)13-9(15)5-16-6/h3-4H,2,5H2,1H3,(H2,11,12,13,14,15). The largest absolute Gasteiger partial charge is 0.480 e. The molecule has 0 aromatic carbocycles. The summed E-state index contributed by atoms with van der Waals surface area (Å²) < 4.78 is 5.13. The SMILES string of the molecule is CCC(=O)Nc1ccc2c(n1)NC(=O)CO2. The van der Waals surface area contributed by atoms with Crippen molar-refractivity contribution in [1.29, 1.82) is 0 Å². The number of nitrogens with zero attached hydrogens (tertiary/aromatic N) is 1. The van der Waals surface area contributed by atoms with E-state index in [0.717, 1.165) is 0 Å². The van der Waals surface area contributed by atoms with E-state index >= 15 is 0 Å². The van der Waals surface area contributed by atoms with Gasteiger partial charge in [-0.1, -0.05) is 6.92 Å². The fourth-order valence-electron chi connectivity index (χ4n) is 1.26. The molecule has 0 saturated heterocycles. The summed E-state index contributed by atoms with van der Waals surface area (Å²) in [4.78, 5) is 26.3. The van der Waals surface area contributed by atoms with Crippen molar-refractivity contribution in [2.45, 2.75) is 13.3 Å². The Morgan fingerprint density at radius 2 is 2.44 bits per heavy atom. The molecule has 6 heteroatoms. The molecule has 0 radical (unpaired) electrons. The maximum atomic E-state index is 11.1. The second kappa shape index (κ2) is 4.18. The fourth-order valence-corrected chi connectivity index (χ4v) is 1.26. The number of fused-ring (bicyclic) bond motifs is 1. The third-order valence-electron chi connectivity index (χ3n) is 2.06. The highest BCUT2D eigenvalue weighted by molar-refractivity contribution is 5.95. The summed E-state index contributed by atoms with van der Waals surface area (Å²) >= 11 is 0. The molecule has 0 atom stereocenters. The lowest BCUT2D eigenvalue weighted by Gasteiger charge is -2.17. The van der Waals surface area contributed by atoms with E-state index in [4.69, 9.17) is 4.74 Å². The number of anilines is 2. The van der Waals surface area contributed by atoms with Crippen LogP contribution in [0.1, 0.15) is 13.3 Å². The van der Waals surface area contributed by atoms with Crippen molar-refractivity contribution in [1.82, 2.24) is 4.98 Å². The van der Waals surface area contributed by atoms with Gasteiger partial charge in [-0.15, -0.1) is 0 Å². The van der Waals surface area contributed by atoms with Gasteiger partial charge in [0, 0.05) is 6.42 Å². The maximum absolute atomic E-state index is 11.1. The first-order chi connectivity index (χ1) is 7.69. The van der Waals surface area contributed by atoms with Gasteiger partial charge in [0.05, 0.1) is 0 Å². The second-order valence-electron chi connectivity index (χ2n) is 3.28. The molecule has 0 fully saturated rings. The number of carbonyl (C=O) groups is 2. The Labute approximate surface area is 92.0 Å². The van der Waals surface area contributed by atoms with E-state index < -0.39 is 0 Å². The summed E-state index contributed by atoms with van der Waals surface area (Å²) in [5.74, 6) is 0.866. The first-order valence-electron chi connectivity index (χ1n) is 4.92. The lowest BCUT2D eigenvalue weighted by Crippen LogP contribution is -2.26. The predicted molar refractivity (Wildman–Crippen MR) is 57.3 cm³/mol. The Bertz CT molecular complexity index is 445. The summed E-state index contributed by atoms with van der Waals surface area (Å²) in [5.41, 5.74) is 0. The van der Waals surface area contributed by atoms with Crippen LogP contribution in [0.25, 0.3) is 0 Å². The van der Waals surface area contributed by atoms with Gasteiger partial charge in [0.1, 0.15) is 5.82 Å². The summed E-state index contributed by atoms with van der Waals surface area (Å²) in [7, 11) is 0. The molecule has 84 valence electrons. The first kappa shape index (κ1) is 10.4. The lowest BCUT2D eigenvalue weighted by molar-refractivity contribution is -0.118. The minimum atomic E-state index is -0.251. The second-order valence-corrected chi connectivity index (χ2v) is 3.28. The Kier molecular flexibility index (Phi) is 2.72. The molecule has 1 aliphatic rings. The molecule has 16 heavy (non-hydrogen) atoms. The number of nitrogens with one attached hydrogen (secondary N) is 2. The Balaban J connectivity index is 2.21. The van der Waals surface area contributed by atoms with Gasteiger partial charge in [-0.2, -0.15) is 0 Å². The molecule has 0 bridgehead atoms. The molecule has 1 aromatic rings. The molecule has 0 unspecified atom stereocenters. The zero-order chi connectivity index (χ0) is 11.5. The molecule has 6 nitrogen and oxygen atoms in total. The van der Waals surface area contributed by atoms with Crippen molar-refractivity contribution in [3.63, 3.8) is 0 Å². The number of pyridine rings is 1. The quantitative estimate of drug-likeness (QED) is 0.772. The highest BCUT2D eigenvalue weighted by Crippen LogP contribution is 2.26. The monoisotopic (exact) mass is 221 g/mol. The van der Waals surface area contributed by atoms with Gasteiger partial charge in [-0.05, 0) is 12.1 Å². The molecule has 0 aliphatic carbocycles. The normalized spacial score (nSPS) is 13.4. The molecular weight excluding hydrogens is 210 g/mol. The van der Waals surface area contributed by atoms with Crippen LogP contribution in [0, 0.1) is 0 Å². The van der Waals surface area contributed by atoms with Crippen molar-refractivity contribution in [2.75, 3.05) is 17.2 Å². The molecule has 1 aliphatic heterocycles. The lowest BCUT2D eigenvalue weighted by atomic mass is 10.3. The van der Waals surface area contributed by atoms with E-state index in [1.165, 1.54) is 0 Å². The van der Waals surface area contributed by atoms with Gasteiger partial charge in [-0.3, -0.25) is 9.59 Å². The van der Waals surface area contributed by atoms with Gasteiger partial charge in [0.15, 0.2) is 18.2 Å². The van der Waals surface area contributed by atoms with Crippen LogP contribution < -0.4 is 15.4 Å². The van der Waals surface area contributed by atoms with Crippen molar-refractivity contribution in [3.05, 3.63) is 12.1 Å². The highest BCUT2D eigenvalue weighted by atomic mass is 16.5. The van der Waals surface area contributed by atoms with Crippen LogP contribution in [0.2, 0.25) is 0 Å². The first-order valence-corrected chi connectivity index (χ1v) is 4.92. The Morgan fingerprint density at radius 3 is 3.19 bits per heavy atom. The van der Waals surface area contributed by atoms with Crippen LogP contribution in [0.4, 0.5) is 11.6 Å². The zero-order valence-corrected chi connectivity index (χ0v) is 8.74. The van der Waals surface area contributed by atoms with Crippen LogP contribution >= 0.6 is 0 Å². The minimum Gasteiger partial charge on any atom is -0.480 e. The van der Waals surface area contributed by atoms with E-state index in [0.29, 0.717) is 23.8 Å². The summed E-state index contributed by atoms with van der Waals surface area (Å²) in [5, 5.41) is 5.16. The number of aromatic nitrogens is 1. The molecule has 0 saturated carbocycles. The number of rotatable bonds is 2. The van der Waals surface area contributed by atoms with Crippen LogP contribution in [-0.2, 0) is 9.59 Å². The third-order valence-corrected chi connectivity index (χ3v) is 2.06. The number of carbonyl (C=O) groups excluding carboxylic acids is 2. The van der Waals surface area contributed by atoms with Gasteiger partial charge in [-0.25, -0.2) is 4.98 Å². The minimum absolute atomic E-state index is 0.00462. The number of ether oxygens (including phenoxy) is 1. The Morgan fingerprint density at radius 1 is 1.62 bits per heavy atom. The number of hydrogen-bond acceptors (Lipinski definition) is 4. The smallest absolute Gasteiger partial charge is 0.263 e. The number of amides is 2. The maximum Gasteiger partial charge on any atom is 0.263 e. The van der Waals surface area contributed by atoms with Crippen LogP contribution in [0.3, 0.4) is 0 Å². The van der Waals surface area contributed by atoms with Crippen molar-refractivity contribution in [3.8, 4) is 5.75 Å². The van der Waals surface area contributed by atoms with Gasteiger partial charge in [0.2, 0.25) is 5.91 Å². The molecule has 1 aromatic heterocycles. The molecular formula is C10H11N3O3. The molecule has 0 spiro atoms. The topological polar surface area (TPSA) is 80.3 Å². The molecule has 2 heterocycles. The van der Waals surface area contributed by atoms with E-state index in [1.807, 2.05) is 0 Å². The summed E-state index contributed by atoms with van der Waals surface area (Å²) in [6.07, 6.45) is 0.377. The van der Waals surface area contributed by atoms with E-state index in [-0.39, 0.29) is 18.4 Å². The van der Waals surface area contributed by atoms with Crippen LogP contribution in [0.15, 0.2) is 12.1 Å². The van der Waals surface area contributed by atoms with Crippen LogP contribution in [-0.4, -0.2) is 23.4 Å². The molecule has 2 amide bonds. The average Bonchev–Trinajstić information content (AvgIpc) is 2.28. The van der Waals surface area contributed by atoms with Crippen LogP contribution in [0.5, 0.6) is 5.75 Å². The van der Waals surface area contributed by atoms with Crippen molar-refractivity contribution < 1.29 is 14.3 Å². The van der Waals surface area contributed by atoms with Gasteiger partial charge < -0.3 is 15.4 Å². The van der Waals surface area contributed by atoms with Gasteiger partial charge >= 0.3 is 0 Å². The van der Waals surface area contributed by atoms with E-state index in [9.17, 15) is 9.59 Å². The Hall–Kier alpha value is -2.11. The summed E-state index contributed by atoms with van der Waals surface area (Å²) in [6, 6.07) is 3.29. The number of hydrogen-bond donors (Lipinski definition) is 2.